The van der Waals surface area contributed by atoms with E-state index in [9.17, 15) is 14.7 Å². The van der Waals surface area contributed by atoms with Gasteiger partial charge in [-0.15, -0.1) is 22.7 Å². The number of carboxylic acids is 1. The lowest BCUT2D eigenvalue weighted by Gasteiger charge is -2.36. The fourth-order valence-electron chi connectivity index (χ4n) is 7.21. The zero-order valence-electron chi connectivity index (χ0n) is 26.5. The van der Waals surface area contributed by atoms with Crippen molar-refractivity contribution >= 4 is 55.7 Å². The Bertz CT molecular complexity index is 1930. The molecule has 0 bridgehead atoms. The highest BCUT2D eigenvalue weighted by Gasteiger charge is 2.31. The number of nitrogens with zero attached hydrogens (tertiary/aromatic N) is 5. The number of hydrogen-bond acceptors (Lipinski definition) is 8. The Morgan fingerprint density at radius 3 is 2.50 bits per heavy atom. The number of carboxylic acid groups (broad SMARTS) is 1. The molecule has 0 radical (unpaired) electrons. The fraction of sp³-hybridized carbons (Fsp3) is 0.429. The van der Waals surface area contributed by atoms with E-state index in [0.29, 0.717) is 43.6 Å². The standard InChI is InChI=1S/C35H39N5O4S2/c1-4-40(38-14-16-44-17-15-38)30(41)20-39-28-19-29(35(42)43)46-34(28)31(23-8-6-5-7-9-23)32(39)25-11-12-26-24(18-25)10-13-27(37-26)33-21(2)36-22(3)45-33/h10-13,18-19,23H,4-9,14-17,20H2,1-3H3,(H,42,43). The minimum atomic E-state index is -0.933. The number of carbonyl (C=O) groups excluding carboxylic acids is 1. The van der Waals surface area contributed by atoms with Gasteiger partial charge in [0, 0.05) is 25.0 Å². The van der Waals surface area contributed by atoms with E-state index in [0.717, 1.165) is 79.3 Å². The normalized spacial score (nSPS) is 16.4. The van der Waals surface area contributed by atoms with Crippen molar-refractivity contribution in [1.29, 1.82) is 0 Å². The van der Waals surface area contributed by atoms with Crippen LogP contribution in [0.25, 0.3) is 42.9 Å². The molecule has 1 N–H and O–H groups in total. The summed E-state index contributed by atoms with van der Waals surface area (Å²) in [6, 6.07) is 12.3. The highest BCUT2D eigenvalue weighted by atomic mass is 32.1. The number of thiophene rings is 1. The van der Waals surface area contributed by atoms with Gasteiger partial charge in [0.05, 0.1) is 55.9 Å². The Balaban J connectivity index is 1.38. The molecule has 46 heavy (non-hydrogen) atoms. The average Bonchev–Trinajstić information content (AvgIpc) is 3.74. The van der Waals surface area contributed by atoms with Gasteiger partial charge in [-0.2, -0.15) is 0 Å². The minimum Gasteiger partial charge on any atom is -0.477 e. The van der Waals surface area contributed by atoms with Crippen LogP contribution in [0.15, 0.2) is 36.4 Å². The number of hydrazine groups is 1. The van der Waals surface area contributed by atoms with E-state index in [1.54, 1.807) is 17.4 Å². The van der Waals surface area contributed by atoms with Gasteiger partial charge in [-0.05, 0) is 74.9 Å². The molecule has 5 aromatic rings. The number of fused-ring (bicyclic) bond motifs is 2. The van der Waals surface area contributed by atoms with E-state index in [4.69, 9.17) is 9.72 Å². The predicted octanol–water partition coefficient (Wildman–Crippen LogP) is 7.50. The molecular weight excluding hydrogens is 619 g/mol. The molecule has 0 unspecified atom stereocenters. The Morgan fingerprint density at radius 2 is 1.80 bits per heavy atom. The maximum atomic E-state index is 14.1. The van der Waals surface area contributed by atoms with Crippen LogP contribution in [0.4, 0.5) is 0 Å². The maximum Gasteiger partial charge on any atom is 0.345 e. The number of amides is 1. The van der Waals surface area contributed by atoms with Crippen LogP contribution in [0.1, 0.15) is 70.9 Å². The van der Waals surface area contributed by atoms with Gasteiger partial charge in [0.15, 0.2) is 0 Å². The van der Waals surface area contributed by atoms with Crippen LogP contribution in [0.3, 0.4) is 0 Å². The van der Waals surface area contributed by atoms with Crippen LogP contribution in [-0.2, 0) is 16.1 Å². The molecule has 1 aliphatic carbocycles. The number of rotatable bonds is 8. The van der Waals surface area contributed by atoms with Crippen molar-refractivity contribution in [2.75, 3.05) is 32.8 Å². The average molecular weight is 658 g/mol. The third kappa shape index (κ3) is 5.74. The first-order valence-corrected chi connectivity index (χ1v) is 17.8. The van der Waals surface area contributed by atoms with E-state index in [2.05, 4.69) is 44.9 Å². The molecule has 2 aliphatic rings. The van der Waals surface area contributed by atoms with Crippen LogP contribution >= 0.6 is 22.7 Å². The third-order valence-corrected chi connectivity index (χ3v) is 11.5. The second kappa shape index (κ2) is 12.9. The molecule has 7 rings (SSSR count). The van der Waals surface area contributed by atoms with Crippen molar-refractivity contribution in [1.82, 2.24) is 24.6 Å². The van der Waals surface area contributed by atoms with Crippen LogP contribution in [0.5, 0.6) is 0 Å². The number of aromatic carboxylic acids is 1. The summed E-state index contributed by atoms with van der Waals surface area (Å²) in [7, 11) is 0. The van der Waals surface area contributed by atoms with Gasteiger partial charge in [0.25, 0.3) is 5.91 Å². The summed E-state index contributed by atoms with van der Waals surface area (Å²) in [5.41, 5.74) is 6.88. The summed E-state index contributed by atoms with van der Waals surface area (Å²) >= 11 is 3.00. The first-order chi connectivity index (χ1) is 22.3. The van der Waals surface area contributed by atoms with Crippen molar-refractivity contribution < 1.29 is 19.4 Å². The molecule has 9 nitrogen and oxygen atoms in total. The second-order valence-electron chi connectivity index (χ2n) is 12.2. The van der Waals surface area contributed by atoms with Gasteiger partial charge in [-0.1, -0.05) is 31.4 Å². The number of carbonyl (C=O) groups is 2. The number of thiazole rings is 1. The Hall–Kier alpha value is -3.64. The van der Waals surface area contributed by atoms with Gasteiger partial charge >= 0.3 is 5.97 Å². The summed E-state index contributed by atoms with van der Waals surface area (Å²) in [6.07, 6.45) is 5.62. The third-order valence-electron chi connectivity index (χ3n) is 9.31. The molecule has 2 fully saturated rings. The van der Waals surface area contributed by atoms with E-state index < -0.39 is 5.97 Å². The highest BCUT2D eigenvalue weighted by Crippen LogP contribution is 2.47. The van der Waals surface area contributed by atoms with Crippen molar-refractivity contribution in [3.8, 4) is 21.8 Å². The second-order valence-corrected chi connectivity index (χ2v) is 14.5. The zero-order valence-corrected chi connectivity index (χ0v) is 28.2. The number of ether oxygens (including phenoxy) is 1. The van der Waals surface area contributed by atoms with E-state index >= 15 is 0 Å². The van der Waals surface area contributed by atoms with Crippen molar-refractivity contribution in [3.05, 3.63) is 57.5 Å². The molecule has 4 aromatic heterocycles. The first kappa shape index (κ1) is 31.0. The lowest BCUT2D eigenvalue weighted by atomic mass is 9.83. The molecule has 1 saturated carbocycles. The van der Waals surface area contributed by atoms with Crippen molar-refractivity contribution in [2.45, 2.75) is 65.3 Å². The van der Waals surface area contributed by atoms with Crippen LogP contribution < -0.4 is 0 Å². The molecule has 0 spiro atoms. The van der Waals surface area contributed by atoms with Crippen molar-refractivity contribution in [3.63, 3.8) is 0 Å². The number of morpholine rings is 1. The van der Waals surface area contributed by atoms with Gasteiger partial charge in [-0.3, -0.25) is 9.80 Å². The largest absolute Gasteiger partial charge is 0.477 e. The molecule has 1 amide bonds. The van der Waals surface area contributed by atoms with Crippen LogP contribution in [-0.4, -0.2) is 74.4 Å². The van der Waals surface area contributed by atoms with Gasteiger partial charge < -0.3 is 14.4 Å². The molecule has 240 valence electrons. The maximum absolute atomic E-state index is 14.1. The van der Waals surface area contributed by atoms with Crippen LogP contribution in [0.2, 0.25) is 0 Å². The van der Waals surface area contributed by atoms with Gasteiger partial charge in [0.2, 0.25) is 0 Å². The molecule has 1 saturated heterocycles. The van der Waals surface area contributed by atoms with Crippen LogP contribution in [0, 0.1) is 13.8 Å². The topological polar surface area (TPSA) is 101 Å². The van der Waals surface area contributed by atoms with E-state index in [1.165, 1.54) is 23.3 Å². The number of likely N-dealkylation sites (N-methyl/N-ethyl adjacent to an activating group) is 1. The van der Waals surface area contributed by atoms with Gasteiger partial charge in [0.1, 0.15) is 11.4 Å². The monoisotopic (exact) mass is 657 g/mol. The smallest absolute Gasteiger partial charge is 0.345 e. The predicted molar refractivity (Wildman–Crippen MR) is 184 cm³/mol. The molecule has 1 aliphatic heterocycles. The number of hydrogen-bond donors (Lipinski definition) is 1. The highest BCUT2D eigenvalue weighted by molar-refractivity contribution is 7.21. The summed E-state index contributed by atoms with van der Waals surface area (Å²) in [6.45, 7) is 9.25. The Labute approximate surface area is 276 Å². The van der Waals surface area contributed by atoms with Gasteiger partial charge in [-0.25, -0.2) is 19.8 Å². The lowest BCUT2D eigenvalue weighted by Crippen LogP contribution is -2.52. The van der Waals surface area contributed by atoms with Crippen molar-refractivity contribution in [2.24, 2.45) is 0 Å². The Kier molecular flexibility index (Phi) is 8.67. The Morgan fingerprint density at radius 1 is 1.02 bits per heavy atom. The SMILES string of the molecule is CCN(C(=O)Cn1c(-c2ccc3nc(-c4sc(C)nc4C)ccc3c2)c(C2CCCCC2)c2sc(C(=O)O)cc21)N1CCOCC1. The number of benzene rings is 1. The quantitative estimate of drug-likeness (QED) is 0.184. The molecular formula is C35H39N5O4S2. The summed E-state index contributed by atoms with van der Waals surface area (Å²) in [5.74, 6) is -0.640. The number of pyridine rings is 1. The van der Waals surface area contributed by atoms with E-state index in [-0.39, 0.29) is 12.5 Å². The first-order valence-electron chi connectivity index (χ1n) is 16.2. The van der Waals surface area contributed by atoms with E-state index in [1.807, 2.05) is 25.8 Å². The summed E-state index contributed by atoms with van der Waals surface area (Å²) in [5, 5.41) is 16.0. The zero-order chi connectivity index (χ0) is 31.9. The molecule has 1 aromatic carbocycles. The summed E-state index contributed by atoms with van der Waals surface area (Å²) in [4.78, 5) is 37.3. The fourth-order valence-corrected chi connectivity index (χ4v) is 9.23. The molecule has 5 heterocycles. The number of aryl methyl sites for hydroxylation is 2. The lowest BCUT2D eigenvalue weighted by molar-refractivity contribution is -0.156. The summed E-state index contributed by atoms with van der Waals surface area (Å²) < 4.78 is 8.64. The molecule has 0 atom stereocenters. The minimum absolute atomic E-state index is 0.0110. The number of aromatic nitrogens is 3. The molecule has 11 heteroatoms.